The molecule has 0 atom stereocenters. The summed E-state index contributed by atoms with van der Waals surface area (Å²) in [6.45, 7) is 0. The van der Waals surface area contributed by atoms with Crippen LogP contribution in [0.15, 0.2) is 22.7 Å². The number of phenolic OH excluding ortho intramolecular Hbond substituents is 1. The molecular formula is C11H8FNO5. The first kappa shape index (κ1) is 11.9. The lowest BCUT2D eigenvalue weighted by molar-refractivity contribution is 0.0686. The molecule has 0 aliphatic heterocycles. The van der Waals surface area contributed by atoms with Crippen molar-refractivity contribution in [3.8, 4) is 22.8 Å². The van der Waals surface area contributed by atoms with Crippen LogP contribution >= 0.6 is 0 Å². The van der Waals surface area contributed by atoms with Crippen molar-refractivity contribution in [2.45, 2.75) is 0 Å². The van der Waals surface area contributed by atoms with Gasteiger partial charge in [-0.25, -0.2) is 9.18 Å². The minimum Gasteiger partial charge on any atom is -0.502 e. The Morgan fingerprint density at radius 2 is 2.17 bits per heavy atom. The molecule has 18 heavy (non-hydrogen) atoms. The van der Waals surface area contributed by atoms with Gasteiger partial charge in [0.1, 0.15) is 0 Å². The summed E-state index contributed by atoms with van der Waals surface area (Å²) in [5.41, 5.74) is -0.0837. The van der Waals surface area contributed by atoms with Gasteiger partial charge in [-0.3, -0.25) is 0 Å². The van der Waals surface area contributed by atoms with Crippen molar-refractivity contribution >= 4 is 5.97 Å². The number of carboxylic acids is 1. The number of carboxylic acid groups (broad SMARTS) is 1. The van der Waals surface area contributed by atoms with Gasteiger partial charge in [0.2, 0.25) is 0 Å². The van der Waals surface area contributed by atoms with Crippen molar-refractivity contribution in [1.29, 1.82) is 0 Å². The largest absolute Gasteiger partial charge is 0.502 e. The van der Waals surface area contributed by atoms with E-state index < -0.39 is 17.5 Å². The normalized spacial score (nSPS) is 10.3. The van der Waals surface area contributed by atoms with Gasteiger partial charge in [0, 0.05) is 11.6 Å². The van der Waals surface area contributed by atoms with Gasteiger partial charge >= 0.3 is 5.97 Å². The maximum Gasteiger partial charge on any atom is 0.358 e. The summed E-state index contributed by atoms with van der Waals surface area (Å²) in [6, 6.07) is 3.45. The highest BCUT2D eigenvalue weighted by Gasteiger charge is 2.16. The molecule has 0 saturated carbocycles. The van der Waals surface area contributed by atoms with Gasteiger partial charge in [-0.2, -0.15) is 0 Å². The van der Waals surface area contributed by atoms with Gasteiger partial charge in [-0.1, -0.05) is 5.16 Å². The molecule has 0 spiro atoms. The number of hydrogen-bond donors (Lipinski definition) is 2. The van der Waals surface area contributed by atoms with Crippen molar-refractivity contribution in [2.24, 2.45) is 0 Å². The van der Waals surface area contributed by atoms with Crippen LogP contribution in [0.1, 0.15) is 10.5 Å². The summed E-state index contributed by atoms with van der Waals surface area (Å²) in [4.78, 5) is 10.6. The molecule has 2 rings (SSSR count). The van der Waals surface area contributed by atoms with Crippen LogP contribution in [0, 0.1) is 5.82 Å². The fourth-order valence-electron chi connectivity index (χ4n) is 1.38. The standard InChI is InChI=1S/C11H8FNO5/c1-17-9-3-5(2-6(12)10(9)14)8-4-7(11(15)16)13-18-8/h2-4,14H,1H3,(H,15,16). The van der Waals surface area contributed by atoms with E-state index in [4.69, 9.17) is 14.4 Å². The Bertz CT molecular complexity index is 607. The number of methoxy groups -OCH3 is 1. The summed E-state index contributed by atoms with van der Waals surface area (Å²) < 4.78 is 22.9. The predicted molar refractivity (Wildman–Crippen MR) is 57.1 cm³/mol. The lowest BCUT2D eigenvalue weighted by Crippen LogP contribution is -1.94. The number of halogens is 1. The number of hydrogen-bond acceptors (Lipinski definition) is 5. The fourth-order valence-corrected chi connectivity index (χ4v) is 1.38. The van der Waals surface area contributed by atoms with Crippen LogP contribution in [0.3, 0.4) is 0 Å². The second-order valence-electron chi connectivity index (χ2n) is 3.39. The highest BCUT2D eigenvalue weighted by atomic mass is 19.1. The summed E-state index contributed by atoms with van der Waals surface area (Å²) in [5, 5.41) is 21.3. The number of phenols is 1. The van der Waals surface area contributed by atoms with Crippen LogP contribution in [0.4, 0.5) is 4.39 Å². The van der Waals surface area contributed by atoms with Crippen molar-refractivity contribution < 1.29 is 28.7 Å². The predicted octanol–water partition coefficient (Wildman–Crippen LogP) is 1.89. The number of rotatable bonds is 3. The number of benzene rings is 1. The maximum atomic E-state index is 13.4. The van der Waals surface area contributed by atoms with Crippen LogP contribution in [0.25, 0.3) is 11.3 Å². The Morgan fingerprint density at radius 3 is 2.72 bits per heavy atom. The van der Waals surface area contributed by atoms with Crippen molar-refractivity contribution in [1.82, 2.24) is 5.16 Å². The topological polar surface area (TPSA) is 92.8 Å². The summed E-state index contributed by atoms with van der Waals surface area (Å²) >= 11 is 0. The molecule has 0 unspecified atom stereocenters. The second-order valence-corrected chi connectivity index (χ2v) is 3.39. The molecule has 7 heteroatoms. The first-order chi connectivity index (χ1) is 8.52. The maximum absolute atomic E-state index is 13.4. The number of aromatic hydroxyl groups is 1. The Morgan fingerprint density at radius 1 is 1.44 bits per heavy atom. The molecule has 0 bridgehead atoms. The molecule has 0 saturated heterocycles. The van der Waals surface area contributed by atoms with Crippen LogP contribution in [-0.4, -0.2) is 28.4 Å². The summed E-state index contributed by atoms with van der Waals surface area (Å²) in [7, 11) is 1.27. The Kier molecular flexibility index (Phi) is 2.88. The Balaban J connectivity index is 2.50. The SMILES string of the molecule is COc1cc(-c2cc(C(=O)O)no2)cc(F)c1O. The van der Waals surface area contributed by atoms with E-state index in [1.165, 1.54) is 13.2 Å². The number of aromatic nitrogens is 1. The molecule has 94 valence electrons. The molecular weight excluding hydrogens is 245 g/mol. The third-order valence-electron chi connectivity index (χ3n) is 2.26. The highest BCUT2D eigenvalue weighted by Crippen LogP contribution is 2.34. The average molecular weight is 253 g/mol. The van der Waals surface area contributed by atoms with E-state index in [1.54, 1.807) is 0 Å². The van der Waals surface area contributed by atoms with Crippen molar-refractivity contribution in [3.05, 3.63) is 29.7 Å². The lowest BCUT2D eigenvalue weighted by Gasteiger charge is -2.05. The minimum atomic E-state index is -1.25. The van der Waals surface area contributed by atoms with E-state index in [9.17, 15) is 14.3 Å². The highest BCUT2D eigenvalue weighted by molar-refractivity contribution is 5.86. The zero-order valence-electron chi connectivity index (χ0n) is 9.18. The van der Waals surface area contributed by atoms with Gasteiger partial charge in [0.25, 0.3) is 0 Å². The van der Waals surface area contributed by atoms with Crippen LogP contribution < -0.4 is 4.74 Å². The molecule has 0 aliphatic rings. The number of ether oxygens (including phenoxy) is 1. The molecule has 2 aromatic rings. The minimum absolute atomic E-state index is 0.0598. The number of nitrogens with zero attached hydrogens (tertiary/aromatic N) is 1. The third-order valence-corrected chi connectivity index (χ3v) is 2.26. The monoisotopic (exact) mass is 253 g/mol. The van der Waals surface area contributed by atoms with Gasteiger partial charge in [-0.05, 0) is 12.1 Å². The zero-order chi connectivity index (χ0) is 13.3. The van der Waals surface area contributed by atoms with Crippen LogP contribution in [0.2, 0.25) is 0 Å². The average Bonchev–Trinajstić information content (AvgIpc) is 2.82. The molecule has 0 radical (unpaired) electrons. The molecule has 1 heterocycles. The van der Waals surface area contributed by atoms with E-state index in [-0.39, 0.29) is 22.8 Å². The van der Waals surface area contributed by atoms with Crippen LogP contribution in [-0.2, 0) is 0 Å². The van der Waals surface area contributed by atoms with Crippen molar-refractivity contribution in [3.63, 3.8) is 0 Å². The fraction of sp³-hybridized carbons (Fsp3) is 0.0909. The third kappa shape index (κ3) is 1.97. The van der Waals surface area contributed by atoms with Gasteiger partial charge < -0.3 is 19.5 Å². The van der Waals surface area contributed by atoms with E-state index in [1.807, 2.05) is 0 Å². The van der Waals surface area contributed by atoms with Gasteiger partial charge in [-0.15, -0.1) is 0 Å². The zero-order valence-corrected chi connectivity index (χ0v) is 9.18. The molecule has 1 aromatic carbocycles. The van der Waals surface area contributed by atoms with E-state index in [2.05, 4.69) is 5.16 Å². The number of carbonyl (C=O) groups is 1. The smallest absolute Gasteiger partial charge is 0.358 e. The summed E-state index contributed by atoms with van der Waals surface area (Å²) in [6.07, 6.45) is 0. The number of aromatic carboxylic acids is 1. The van der Waals surface area contributed by atoms with Crippen molar-refractivity contribution in [2.75, 3.05) is 7.11 Å². The first-order valence-electron chi connectivity index (χ1n) is 4.80. The Labute approximate surface area is 100 Å². The first-order valence-corrected chi connectivity index (χ1v) is 4.80. The molecule has 0 aliphatic carbocycles. The molecule has 1 aromatic heterocycles. The molecule has 0 fully saturated rings. The molecule has 2 N–H and O–H groups in total. The molecule has 0 amide bonds. The Hall–Kier alpha value is -2.57. The molecule has 6 nitrogen and oxygen atoms in total. The van der Waals surface area contributed by atoms with E-state index in [0.29, 0.717) is 0 Å². The van der Waals surface area contributed by atoms with Crippen LogP contribution in [0.5, 0.6) is 11.5 Å². The second kappa shape index (κ2) is 4.36. The van der Waals surface area contributed by atoms with Gasteiger partial charge in [0.15, 0.2) is 28.8 Å². The lowest BCUT2D eigenvalue weighted by atomic mass is 10.1. The van der Waals surface area contributed by atoms with E-state index in [0.717, 1.165) is 12.1 Å². The van der Waals surface area contributed by atoms with Gasteiger partial charge in [0.05, 0.1) is 7.11 Å². The summed E-state index contributed by atoms with van der Waals surface area (Å²) in [5.74, 6) is -2.81. The van der Waals surface area contributed by atoms with E-state index >= 15 is 0 Å². The quantitative estimate of drug-likeness (QED) is 0.867.